The fourth-order valence-corrected chi connectivity index (χ4v) is 2.65. The number of rotatable bonds is 2. The summed E-state index contributed by atoms with van der Waals surface area (Å²) in [5, 5.41) is 10.8. The van der Waals surface area contributed by atoms with Gasteiger partial charge in [0.15, 0.2) is 4.77 Å². The topological polar surface area (TPSA) is 45.6 Å². The molecule has 1 unspecified atom stereocenters. The molecule has 1 saturated carbocycles. The van der Waals surface area contributed by atoms with Crippen molar-refractivity contribution in [1.29, 1.82) is 0 Å². The van der Waals surface area contributed by atoms with Crippen molar-refractivity contribution in [1.82, 2.24) is 20.1 Å². The monoisotopic (exact) mass is 224 g/mol. The molecule has 2 aliphatic rings. The van der Waals surface area contributed by atoms with Crippen molar-refractivity contribution in [2.45, 2.75) is 37.6 Å². The Kier molecular flexibility index (Phi) is 2.36. The molecule has 15 heavy (non-hydrogen) atoms. The van der Waals surface area contributed by atoms with E-state index in [-0.39, 0.29) is 0 Å². The van der Waals surface area contributed by atoms with E-state index in [1.165, 1.54) is 31.5 Å². The first-order valence-corrected chi connectivity index (χ1v) is 6.14. The van der Waals surface area contributed by atoms with Crippen LogP contribution in [0.25, 0.3) is 0 Å². The fraction of sp³-hybridized carbons (Fsp3) is 0.800. The van der Waals surface area contributed by atoms with Gasteiger partial charge in [0.2, 0.25) is 0 Å². The zero-order chi connectivity index (χ0) is 10.3. The van der Waals surface area contributed by atoms with Crippen LogP contribution >= 0.6 is 12.2 Å². The fourth-order valence-electron chi connectivity index (χ4n) is 2.36. The van der Waals surface area contributed by atoms with E-state index in [2.05, 4.69) is 20.1 Å². The van der Waals surface area contributed by atoms with E-state index in [1.807, 2.05) is 0 Å². The quantitative estimate of drug-likeness (QED) is 0.752. The third kappa shape index (κ3) is 1.74. The molecule has 5 heteroatoms. The molecule has 1 saturated heterocycles. The lowest BCUT2D eigenvalue weighted by atomic mass is 9.99. The Labute approximate surface area is 94.1 Å². The van der Waals surface area contributed by atoms with Gasteiger partial charge in [-0.25, -0.2) is 0 Å². The van der Waals surface area contributed by atoms with Gasteiger partial charge in [0, 0.05) is 18.5 Å². The van der Waals surface area contributed by atoms with Crippen LogP contribution in [0.2, 0.25) is 0 Å². The molecule has 4 nitrogen and oxygen atoms in total. The van der Waals surface area contributed by atoms with Crippen LogP contribution in [0.15, 0.2) is 0 Å². The minimum atomic E-state index is 0.548. The molecule has 2 fully saturated rings. The third-order valence-corrected chi connectivity index (χ3v) is 3.59. The lowest BCUT2D eigenvalue weighted by Gasteiger charge is -2.22. The highest BCUT2D eigenvalue weighted by Gasteiger charge is 2.30. The molecular formula is C10H16N4S. The van der Waals surface area contributed by atoms with Crippen LogP contribution in [0.4, 0.5) is 0 Å². The first-order chi connectivity index (χ1) is 7.36. The number of aromatic nitrogens is 3. The molecule has 0 spiro atoms. The molecule has 0 bridgehead atoms. The van der Waals surface area contributed by atoms with Crippen molar-refractivity contribution in [3.63, 3.8) is 0 Å². The number of piperidine rings is 1. The number of H-pyrrole nitrogens is 1. The van der Waals surface area contributed by atoms with E-state index < -0.39 is 0 Å². The van der Waals surface area contributed by atoms with E-state index in [0.717, 1.165) is 17.9 Å². The Balaban J connectivity index is 1.92. The molecule has 1 atom stereocenters. The summed E-state index contributed by atoms with van der Waals surface area (Å²) in [4.78, 5) is 0. The summed E-state index contributed by atoms with van der Waals surface area (Å²) in [6, 6.07) is 0.633. The summed E-state index contributed by atoms with van der Waals surface area (Å²) in [6.07, 6.45) is 5.01. The number of hydrogen-bond acceptors (Lipinski definition) is 3. The number of nitrogens with one attached hydrogen (secondary N) is 2. The van der Waals surface area contributed by atoms with Gasteiger partial charge in [0.1, 0.15) is 5.82 Å². The average molecular weight is 224 g/mol. The predicted molar refractivity (Wildman–Crippen MR) is 60.5 cm³/mol. The minimum absolute atomic E-state index is 0.548. The largest absolute Gasteiger partial charge is 0.316 e. The molecule has 3 rings (SSSR count). The van der Waals surface area contributed by atoms with E-state index in [9.17, 15) is 0 Å². The standard InChI is InChI=1S/C10H16N4S/c15-10-13-12-9(14(10)8-3-4-8)7-2-1-5-11-6-7/h7-8,11H,1-6H2,(H,13,15). The Morgan fingerprint density at radius 3 is 2.87 bits per heavy atom. The Hall–Kier alpha value is -0.680. The summed E-state index contributed by atoms with van der Waals surface area (Å²) >= 11 is 5.28. The van der Waals surface area contributed by atoms with E-state index in [0.29, 0.717) is 12.0 Å². The molecule has 1 aromatic rings. The van der Waals surface area contributed by atoms with Gasteiger partial charge < -0.3 is 9.88 Å². The van der Waals surface area contributed by atoms with E-state index in [4.69, 9.17) is 12.2 Å². The maximum absolute atomic E-state index is 5.28. The van der Waals surface area contributed by atoms with Crippen LogP contribution in [-0.2, 0) is 0 Å². The average Bonchev–Trinajstić information content (AvgIpc) is 3.03. The zero-order valence-corrected chi connectivity index (χ0v) is 9.52. The Morgan fingerprint density at radius 2 is 2.20 bits per heavy atom. The molecule has 82 valence electrons. The Bertz CT molecular complexity index is 398. The first kappa shape index (κ1) is 9.54. The Morgan fingerprint density at radius 1 is 1.33 bits per heavy atom. The smallest absolute Gasteiger partial charge is 0.195 e. The number of nitrogens with zero attached hydrogens (tertiary/aromatic N) is 2. The minimum Gasteiger partial charge on any atom is -0.316 e. The second-order valence-corrected chi connectivity index (χ2v) is 4.92. The number of hydrogen-bond donors (Lipinski definition) is 2. The van der Waals surface area contributed by atoms with Crippen LogP contribution in [0.3, 0.4) is 0 Å². The van der Waals surface area contributed by atoms with Crippen LogP contribution < -0.4 is 5.32 Å². The van der Waals surface area contributed by atoms with Crippen molar-refractivity contribution < 1.29 is 0 Å². The SMILES string of the molecule is S=c1[nH]nc(C2CCCNC2)n1C1CC1. The van der Waals surface area contributed by atoms with Crippen LogP contribution in [0, 0.1) is 4.77 Å². The summed E-state index contributed by atoms with van der Waals surface area (Å²) < 4.78 is 3.05. The summed E-state index contributed by atoms with van der Waals surface area (Å²) in [5.74, 6) is 1.72. The van der Waals surface area contributed by atoms with Crippen molar-refractivity contribution in [2.75, 3.05) is 13.1 Å². The highest BCUT2D eigenvalue weighted by atomic mass is 32.1. The van der Waals surface area contributed by atoms with Gasteiger partial charge >= 0.3 is 0 Å². The second kappa shape index (κ2) is 3.72. The second-order valence-electron chi connectivity index (χ2n) is 4.53. The molecule has 1 aliphatic heterocycles. The van der Waals surface area contributed by atoms with E-state index >= 15 is 0 Å². The highest BCUT2D eigenvalue weighted by molar-refractivity contribution is 7.71. The van der Waals surface area contributed by atoms with Crippen molar-refractivity contribution >= 4 is 12.2 Å². The summed E-state index contributed by atoms with van der Waals surface area (Å²) in [6.45, 7) is 2.19. The van der Waals surface area contributed by atoms with E-state index in [1.54, 1.807) is 0 Å². The first-order valence-electron chi connectivity index (χ1n) is 5.74. The van der Waals surface area contributed by atoms with Crippen LogP contribution in [0.5, 0.6) is 0 Å². The highest BCUT2D eigenvalue weighted by Crippen LogP contribution is 2.37. The normalized spacial score (nSPS) is 26.8. The van der Waals surface area contributed by atoms with Gasteiger partial charge in [-0.1, -0.05) is 0 Å². The zero-order valence-electron chi connectivity index (χ0n) is 8.70. The van der Waals surface area contributed by atoms with Gasteiger partial charge in [-0.3, -0.25) is 5.10 Å². The molecule has 2 N–H and O–H groups in total. The van der Waals surface area contributed by atoms with Crippen molar-refractivity contribution in [3.05, 3.63) is 10.6 Å². The summed E-state index contributed by atoms with van der Waals surface area (Å²) in [7, 11) is 0. The van der Waals surface area contributed by atoms with Gasteiger partial charge in [0.25, 0.3) is 0 Å². The van der Waals surface area contributed by atoms with Gasteiger partial charge in [-0.15, -0.1) is 0 Å². The molecule has 1 aromatic heterocycles. The lowest BCUT2D eigenvalue weighted by Crippen LogP contribution is -2.30. The molecule has 0 aromatic carbocycles. The molecular weight excluding hydrogens is 208 g/mol. The van der Waals surface area contributed by atoms with Crippen LogP contribution in [0.1, 0.15) is 43.5 Å². The molecule has 0 radical (unpaired) electrons. The maximum Gasteiger partial charge on any atom is 0.195 e. The van der Waals surface area contributed by atoms with Gasteiger partial charge in [-0.05, 0) is 44.4 Å². The van der Waals surface area contributed by atoms with Crippen molar-refractivity contribution in [3.8, 4) is 0 Å². The maximum atomic E-state index is 5.28. The summed E-state index contributed by atoms with van der Waals surface area (Å²) in [5.41, 5.74) is 0. The van der Waals surface area contributed by atoms with Gasteiger partial charge in [0.05, 0.1) is 0 Å². The number of aromatic amines is 1. The van der Waals surface area contributed by atoms with Crippen LogP contribution in [-0.4, -0.2) is 27.9 Å². The lowest BCUT2D eigenvalue weighted by molar-refractivity contribution is 0.431. The van der Waals surface area contributed by atoms with Gasteiger partial charge in [-0.2, -0.15) is 5.10 Å². The molecule has 0 amide bonds. The third-order valence-electron chi connectivity index (χ3n) is 3.31. The van der Waals surface area contributed by atoms with Crippen molar-refractivity contribution in [2.24, 2.45) is 0 Å². The molecule has 1 aliphatic carbocycles. The predicted octanol–water partition coefficient (Wildman–Crippen LogP) is 1.74. The molecule has 2 heterocycles.